The average molecular weight is 218 g/mol. The number of aryl methyl sites for hydroxylation is 1. The summed E-state index contributed by atoms with van der Waals surface area (Å²) in [6, 6.07) is 8.18. The first-order chi connectivity index (χ1) is 7.76. The molecule has 0 fully saturated rings. The van der Waals surface area contributed by atoms with Crippen molar-refractivity contribution >= 4 is 16.6 Å². The monoisotopic (exact) mass is 218 g/mol. The maximum absolute atomic E-state index is 5.78. The molecule has 86 valence electrons. The van der Waals surface area contributed by atoms with Crippen LogP contribution in [0.25, 0.3) is 10.9 Å². The van der Waals surface area contributed by atoms with Gasteiger partial charge in [-0.15, -0.1) is 0 Å². The van der Waals surface area contributed by atoms with Gasteiger partial charge in [0.05, 0.1) is 6.61 Å². The number of benzene rings is 1. The van der Waals surface area contributed by atoms with Gasteiger partial charge in [0.25, 0.3) is 0 Å². The van der Waals surface area contributed by atoms with Gasteiger partial charge in [-0.3, -0.25) is 0 Å². The number of fused-ring (bicyclic) bond motifs is 1. The number of anilines is 1. The third kappa shape index (κ3) is 1.91. The number of nitrogens with two attached hydrogens (primary N) is 1. The molecule has 1 heterocycles. The highest BCUT2D eigenvalue weighted by Crippen LogP contribution is 2.22. The Balaban J connectivity index is 2.48. The van der Waals surface area contributed by atoms with Crippen LogP contribution in [0.5, 0.6) is 0 Å². The molecule has 2 aromatic rings. The number of hydrogen-bond donors (Lipinski definition) is 1. The van der Waals surface area contributed by atoms with E-state index in [4.69, 9.17) is 10.5 Å². The van der Waals surface area contributed by atoms with Crippen molar-refractivity contribution in [1.29, 1.82) is 0 Å². The minimum atomic E-state index is 0.666. The molecular weight excluding hydrogens is 200 g/mol. The van der Waals surface area contributed by atoms with Gasteiger partial charge in [0.1, 0.15) is 0 Å². The van der Waals surface area contributed by atoms with Crippen molar-refractivity contribution in [3.63, 3.8) is 0 Å². The zero-order valence-electron chi connectivity index (χ0n) is 9.86. The molecule has 16 heavy (non-hydrogen) atoms. The second-order valence-corrected chi connectivity index (χ2v) is 3.84. The molecule has 0 spiro atoms. The fraction of sp³-hybridized carbons (Fsp3) is 0.385. The Morgan fingerprint density at radius 2 is 2.06 bits per heavy atom. The molecule has 0 amide bonds. The summed E-state index contributed by atoms with van der Waals surface area (Å²) < 4.78 is 7.74. The molecule has 0 atom stereocenters. The van der Waals surface area contributed by atoms with Crippen LogP contribution in [0.4, 0.5) is 5.69 Å². The predicted octanol–water partition coefficient (Wildman–Crippen LogP) is 2.78. The minimum Gasteiger partial charge on any atom is -0.399 e. The van der Waals surface area contributed by atoms with E-state index in [9.17, 15) is 0 Å². The summed E-state index contributed by atoms with van der Waals surface area (Å²) in [4.78, 5) is 0. The van der Waals surface area contributed by atoms with Crippen molar-refractivity contribution < 1.29 is 4.74 Å². The first-order valence-corrected chi connectivity index (χ1v) is 5.71. The van der Waals surface area contributed by atoms with Gasteiger partial charge >= 0.3 is 0 Å². The molecule has 0 bridgehead atoms. The molecule has 2 rings (SSSR count). The lowest BCUT2D eigenvalue weighted by atomic mass is 10.2. The predicted molar refractivity (Wildman–Crippen MR) is 67.4 cm³/mol. The topological polar surface area (TPSA) is 40.2 Å². The maximum Gasteiger partial charge on any atom is 0.0867 e. The lowest BCUT2D eigenvalue weighted by molar-refractivity contribution is 0.129. The SMILES string of the molecule is CCOCc1cc2cc(N)ccc2n1CC. The standard InChI is InChI=1S/C13H18N2O/c1-3-15-12(9-16-4-2)8-10-7-11(14)5-6-13(10)15/h5-8H,3-4,9,14H2,1-2H3. The first kappa shape index (κ1) is 11.0. The van der Waals surface area contributed by atoms with Crippen molar-refractivity contribution in [3.8, 4) is 0 Å². The highest BCUT2D eigenvalue weighted by molar-refractivity contribution is 5.84. The Hall–Kier alpha value is -1.48. The van der Waals surface area contributed by atoms with E-state index in [2.05, 4.69) is 23.6 Å². The summed E-state index contributed by atoms with van der Waals surface area (Å²) in [5.74, 6) is 0. The van der Waals surface area contributed by atoms with Crippen LogP contribution < -0.4 is 5.73 Å². The normalized spacial score (nSPS) is 11.1. The zero-order chi connectivity index (χ0) is 11.5. The van der Waals surface area contributed by atoms with Crippen LogP contribution in [0.3, 0.4) is 0 Å². The van der Waals surface area contributed by atoms with Crippen LogP contribution in [0.15, 0.2) is 24.3 Å². The van der Waals surface area contributed by atoms with Crippen LogP contribution in [0, 0.1) is 0 Å². The fourth-order valence-corrected chi connectivity index (χ4v) is 2.05. The smallest absolute Gasteiger partial charge is 0.0867 e. The quantitative estimate of drug-likeness (QED) is 0.801. The second kappa shape index (κ2) is 4.58. The van der Waals surface area contributed by atoms with E-state index < -0.39 is 0 Å². The average Bonchev–Trinajstić information content (AvgIpc) is 2.62. The third-order valence-electron chi connectivity index (χ3n) is 2.78. The molecule has 0 saturated carbocycles. The third-order valence-corrected chi connectivity index (χ3v) is 2.78. The van der Waals surface area contributed by atoms with Gasteiger partial charge in [-0.1, -0.05) is 0 Å². The highest BCUT2D eigenvalue weighted by Gasteiger charge is 2.07. The Labute approximate surface area is 95.8 Å². The first-order valence-electron chi connectivity index (χ1n) is 5.71. The number of hydrogen-bond acceptors (Lipinski definition) is 2. The van der Waals surface area contributed by atoms with E-state index >= 15 is 0 Å². The summed E-state index contributed by atoms with van der Waals surface area (Å²) in [6.07, 6.45) is 0. The fourth-order valence-electron chi connectivity index (χ4n) is 2.05. The number of aromatic nitrogens is 1. The second-order valence-electron chi connectivity index (χ2n) is 3.84. The molecule has 0 aliphatic heterocycles. The van der Waals surface area contributed by atoms with E-state index in [1.807, 2.05) is 19.1 Å². The van der Waals surface area contributed by atoms with Crippen LogP contribution in [0.2, 0.25) is 0 Å². The van der Waals surface area contributed by atoms with Crippen LogP contribution in [-0.4, -0.2) is 11.2 Å². The van der Waals surface area contributed by atoms with Gasteiger partial charge in [0, 0.05) is 35.4 Å². The molecule has 2 N–H and O–H groups in total. The number of nitrogen functional groups attached to an aromatic ring is 1. The largest absolute Gasteiger partial charge is 0.399 e. The Bertz CT molecular complexity index is 488. The Morgan fingerprint density at radius 3 is 2.75 bits per heavy atom. The number of ether oxygens (including phenoxy) is 1. The maximum atomic E-state index is 5.78. The summed E-state index contributed by atoms with van der Waals surface area (Å²) in [5, 5.41) is 1.19. The summed E-state index contributed by atoms with van der Waals surface area (Å²) in [7, 11) is 0. The molecular formula is C13H18N2O. The molecule has 0 aliphatic carbocycles. The summed E-state index contributed by atoms with van der Waals surface area (Å²) in [6.45, 7) is 6.52. The van der Waals surface area contributed by atoms with Crippen molar-refractivity contribution in [2.45, 2.75) is 27.0 Å². The van der Waals surface area contributed by atoms with E-state index in [-0.39, 0.29) is 0 Å². The van der Waals surface area contributed by atoms with Gasteiger partial charge in [0.15, 0.2) is 0 Å². The number of rotatable bonds is 4. The lowest BCUT2D eigenvalue weighted by Crippen LogP contribution is -2.02. The highest BCUT2D eigenvalue weighted by atomic mass is 16.5. The van der Waals surface area contributed by atoms with Gasteiger partial charge in [0.2, 0.25) is 0 Å². The van der Waals surface area contributed by atoms with Gasteiger partial charge in [-0.25, -0.2) is 0 Å². The summed E-state index contributed by atoms with van der Waals surface area (Å²) in [5.41, 5.74) is 9.03. The van der Waals surface area contributed by atoms with Gasteiger partial charge in [-0.2, -0.15) is 0 Å². The van der Waals surface area contributed by atoms with Crippen molar-refractivity contribution in [1.82, 2.24) is 4.57 Å². The Kier molecular flexibility index (Phi) is 3.15. The molecule has 1 aromatic heterocycles. The lowest BCUT2D eigenvalue weighted by Gasteiger charge is -2.07. The van der Waals surface area contributed by atoms with E-state index in [0.29, 0.717) is 6.61 Å². The van der Waals surface area contributed by atoms with Crippen molar-refractivity contribution in [2.75, 3.05) is 12.3 Å². The van der Waals surface area contributed by atoms with Crippen LogP contribution in [-0.2, 0) is 17.9 Å². The molecule has 0 radical (unpaired) electrons. The molecule has 0 saturated heterocycles. The van der Waals surface area contributed by atoms with E-state index in [1.165, 1.54) is 16.6 Å². The van der Waals surface area contributed by atoms with Crippen molar-refractivity contribution in [3.05, 3.63) is 30.0 Å². The Morgan fingerprint density at radius 1 is 1.25 bits per heavy atom. The zero-order valence-corrected chi connectivity index (χ0v) is 9.86. The van der Waals surface area contributed by atoms with Crippen molar-refractivity contribution in [2.24, 2.45) is 0 Å². The van der Waals surface area contributed by atoms with Crippen LogP contribution in [0.1, 0.15) is 19.5 Å². The molecule has 0 unspecified atom stereocenters. The minimum absolute atomic E-state index is 0.666. The van der Waals surface area contributed by atoms with E-state index in [0.717, 1.165) is 18.8 Å². The van der Waals surface area contributed by atoms with E-state index in [1.54, 1.807) is 0 Å². The van der Waals surface area contributed by atoms with Gasteiger partial charge < -0.3 is 15.0 Å². The number of nitrogens with zero attached hydrogens (tertiary/aromatic N) is 1. The molecule has 0 aliphatic rings. The molecule has 3 heteroatoms. The molecule has 3 nitrogen and oxygen atoms in total. The molecule has 1 aromatic carbocycles. The van der Waals surface area contributed by atoms with Crippen LogP contribution >= 0.6 is 0 Å². The summed E-state index contributed by atoms with van der Waals surface area (Å²) >= 11 is 0. The van der Waals surface area contributed by atoms with Gasteiger partial charge in [-0.05, 0) is 38.1 Å².